The summed E-state index contributed by atoms with van der Waals surface area (Å²) in [6, 6.07) is 10.7. The number of methoxy groups -OCH3 is 1. The highest BCUT2D eigenvalue weighted by Crippen LogP contribution is 2.27. The number of anilines is 2. The number of aromatic nitrogens is 3. The molecule has 8 heteroatoms. The molecule has 0 atom stereocenters. The number of fused-ring (bicyclic) bond motifs is 2. The Hall–Kier alpha value is -3.52. The van der Waals surface area contributed by atoms with Crippen molar-refractivity contribution in [2.24, 2.45) is 0 Å². The van der Waals surface area contributed by atoms with Crippen LogP contribution in [0.5, 0.6) is 0 Å². The molecule has 0 aliphatic carbocycles. The number of Topliss-reactive ketones (excluding diaryl/α,β-unsaturated/α-hetero) is 1. The zero-order chi connectivity index (χ0) is 19.7. The van der Waals surface area contributed by atoms with E-state index < -0.39 is 5.76 Å². The number of ether oxygens (including phenoxy) is 1. The standard InChI is InChI=1S/C20H18N4O4/c1-12(25)13-4-3-5-14(8-13)23-19-15-9-17-18(10-16(15)21-11-22-19)28-20(26)24(17)6-7-27-2/h3-5,8-11H,6-7H2,1-2H3,(H,21,22,23). The minimum absolute atomic E-state index is 0.0153. The Bertz CT molecular complexity index is 1240. The molecule has 2 heterocycles. The van der Waals surface area contributed by atoms with Gasteiger partial charge in [-0.1, -0.05) is 12.1 Å². The van der Waals surface area contributed by atoms with E-state index in [1.54, 1.807) is 31.4 Å². The van der Waals surface area contributed by atoms with Crippen molar-refractivity contribution in [3.63, 3.8) is 0 Å². The Morgan fingerprint density at radius 1 is 1.25 bits per heavy atom. The first kappa shape index (κ1) is 17.9. The number of hydrogen-bond donors (Lipinski definition) is 1. The lowest BCUT2D eigenvalue weighted by atomic mass is 10.1. The van der Waals surface area contributed by atoms with Crippen LogP contribution in [0.25, 0.3) is 22.0 Å². The van der Waals surface area contributed by atoms with Crippen molar-refractivity contribution in [3.05, 3.63) is 58.8 Å². The number of hydrogen-bond acceptors (Lipinski definition) is 7. The summed E-state index contributed by atoms with van der Waals surface area (Å²) in [5, 5.41) is 3.96. The largest absolute Gasteiger partial charge is 0.420 e. The molecule has 2 aromatic carbocycles. The maximum Gasteiger partial charge on any atom is 0.420 e. The van der Waals surface area contributed by atoms with Crippen molar-refractivity contribution >= 4 is 39.3 Å². The molecule has 0 bridgehead atoms. The maximum atomic E-state index is 12.2. The molecule has 4 rings (SSSR count). The van der Waals surface area contributed by atoms with Crippen molar-refractivity contribution in [1.82, 2.24) is 14.5 Å². The van der Waals surface area contributed by atoms with Gasteiger partial charge < -0.3 is 14.5 Å². The van der Waals surface area contributed by atoms with Crippen molar-refractivity contribution in [1.29, 1.82) is 0 Å². The Morgan fingerprint density at radius 2 is 2.11 bits per heavy atom. The molecule has 0 radical (unpaired) electrons. The molecule has 142 valence electrons. The van der Waals surface area contributed by atoms with Gasteiger partial charge in [0.25, 0.3) is 0 Å². The Balaban J connectivity index is 1.82. The summed E-state index contributed by atoms with van der Waals surface area (Å²) in [6.45, 7) is 2.29. The van der Waals surface area contributed by atoms with E-state index in [2.05, 4.69) is 15.3 Å². The topological polar surface area (TPSA) is 99.2 Å². The van der Waals surface area contributed by atoms with Crippen LogP contribution < -0.4 is 11.1 Å². The molecule has 0 aliphatic rings. The number of benzene rings is 2. The molecular formula is C20H18N4O4. The fourth-order valence-electron chi connectivity index (χ4n) is 3.06. The first-order chi connectivity index (χ1) is 13.6. The number of rotatable bonds is 6. The van der Waals surface area contributed by atoms with Gasteiger partial charge in [-0.15, -0.1) is 0 Å². The van der Waals surface area contributed by atoms with Crippen LogP contribution in [-0.4, -0.2) is 34.0 Å². The molecule has 8 nitrogen and oxygen atoms in total. The second-order valence-corrected chi connectivity index (χ2v) is 6.33. The van der Waals surface area contributed by atoms with E-state index >= 15 is 0 Å². The summed E-state index contributed by atoms with van der Waals surface area (Å²) in [7, 11) is 1.58. The van der Waals surface area contributed by atoms with Crippen LogP contribution in [0.4, 0.5) is 11.5 Å². The van der Waals surface area contributed by atoms with E-state index in [0.29, 0.717) is 41.1 Å². The maximum absolute atomic E-state index is 12.2. The highest BCUT2D eigenvalue weighted by Gasteiger charge is 2.13. The van der Waals surface area contributed by atoms with Gasteiger partial charge in [-0.2, -0.15) is 0 Å². The van der Waals surface area contributed by atoms with Crippen molar-refractivity contribution < 1.29 is 13.9 Å². The van der Waals surface area contributed by atoms with Gasteiger partial charge in [-0.05, 0) is 25.1 Å². The number of carbonyl (C=O) groups excluding carboxylic acids is 1. The van der Waals surface area contributed by atoms with Crippen LogP contribution >= 0.6 is 0 Å². The van der Waals surface area contributed by atoms with Crippen LogP contribution in [-0.2, 0) is 11.3 Å². The Morgan fingerprint density at radius 3 is 2.89 bits per heavy atom. The second-order valence-electron chi connectivity index (χ2n) is 6.33. The lowest BCUT2D eigenvalue weighted by Crippen LogP contribution is -2.16. The fourth-order valence-corrected chi connectivity index (χ4v) is 3.06. The number of carbonyl (C=O) groups is 1. The summed E-state index contributed by atoms with van der Waals surface area (Å²) in [5.41, 5.74) is 3.08. The predicted molar refractivity (Wildman–Crippen MR) is 105 cm³/mol. The average Bonchev–Trinajstić information content (AvgIpc) is 2.99. The zero-order valence-corrected chi connectivity index (χ0v) is 15.4. The molecule has 0 unspecified atom stereocenters. The number of ketones is 1. The SMILES string of the molecule is COCCn1c(=O)oc2cc3ncnc(Nc4cccc(C(C)=O)c4)c3cc21. The first-order valence-electron chi connectivity index (χ1n) is 8.72. The van der Waals surface area contributed by atoms with Crippen LogP contribution in [0.15, 0.2) is 51.9 Å². The lowest BCUT2D eigenvalue weighted by molar-refractivity contribution is 0.101. The van der Waals surface area contributed by atoms with Gasteiger partial charge in [0.15, 0.2) is 11.4 Å². The molecule has 1 N–H and O–H groups in total. The van der Waals surface area contributed by atoms with Gasteiger partial charge in [0, 0.05) is 29.8 Å². The van der Waals surface area contributed by atoms with Crippen molar-refractivity contribution in [3.8, 4) is 0 Å². The molecular weight excluding hydrogens is 360 g/mol. The minimum Gasteiger partial charge on any atom is -0.408 e. The molecule has 0 aliphatic heterocycles. The Kier molecular flexibility index (Phi) is 4.62. The fraction of sp³-hybridized carbons (Fsp3) is 0.200. The van der Waals surface area contributed by atoms with Gasteiger partial charge in [0.05, 0.1) is 24.2 Å². The number of nitrogens with one attached hydrogen (secondary N) is 1. The predicted octanol–water partition coefficient (Wildman–Crippen LogP) is 3.13. The van der Waals surface area contributed by atoms with Crippen LogP contribution in [0.3, 0.4) is 0 Å². The minimum atomic E-state index is -0.445. The van der Waals surface area contributed by atoms with Crippen LogP contribution in [0, 0.1) is 0 Å². The summed E-state index contributed by atoms with van der Waals surface area (Å²) in [5.74, 6) is 0.108. The first-order valence-corrected chi connectivity index (χ1v) is 8.72. The lowest BCUT2D eigenvalue weighted by Gasteiger charge is -2.09. The number of nitrogens with zero attached hydrogens (tertiary/aromatic N) is 3. The molecule has 2 aromatic heterocycles. The van der Waals surface area contributed by atoms with Crippen LogP contribution in [0.1, 0.15) is 17.3 Å². The summed E-state index contributed by atoms with van der Waals surface area (Å²) in [4.78, 5) is 32.4. The van der Waals surface area contributed by atoms with E-state index in [1.165, 1.54) is 17.8 Å². The molecule has 28 heavy (non-hydrogen) atoms. The molecule has 0 saturated heterocycles. The van der Waals surface area contributed by atoms with Gasteiger partial charge in [0.1, 0.15) is 12.1 Å². The van der Waals surface area contributed by atoms with E-state index in [4.69, 9.17) is 9.15 Å². The third kappa shape index (κ3) is 3.25. The van der Waals surface area contributed by atoms with E-state index in [9.17, 15) is 9.59 Å². The van der Waals surface area contributed by atoms with Crippen LogP contribution in [0.2, 0.25) is 0 Å². The quantitative estimate of drug-likeness (QED) is 0.515. The molecule has 0 amide bonds. The highest BCUT2D eigenvalue weighted by molar-refractivity contribution is 5.99. The van der Waals surface area contributed by atoms with E-state index in [0.717, 1.165) is 11.1 Å². The molecule has 0 fully saturated rings. The Labute approximate surface area is 159 Å². The smallest absolute Gasteiger partial charge is 0.408 e. The summed E-state index contributed by atoms with van der Waals surface area (Å²) < 4.78 is 11.9. The third-order valence-corrected chi connectivity index (χ3v) is 4.48. The summed E-state index contributed by atoms with van der Waals surface area (Å²) in [6.07, 6.45) is 1.44. The average molecular weight is 378 g/mol. The summed E-state index contributed by atoms with van der Waals surface area (Å²) >= 11 is 0. The monoisotopic (exact) mass is 378 g/mol. The second kappa shape index (κ2) is 7.24. The van der Waals surface area contributed by atoms with E-state index in [-0.39, 0.29) is 5.78 Å². The van der Waals surface area contributed by atoms with Gasteiger partial charge in [0.2, 0.25) is 0 Å². The third-order valence-electron chi connectivity index (χ3n) is 4.48. The van der Waals surface area contributed by atoms with Gasteiger partial charge in [-0.3, -0.25) is 9.36 Å². The molecule has 0 saturated carbocycles. The van der Waals surface area contributed by atoms with Crippen molar-refractivity contribution in [2.75, 3.05) is 19.0 Å². The van der Waals surface area contributed by atoms with Gasteiger partial charge in [-0.25, -0.2) is 14.8 Å². The van der Waals surface area contributed by atoms with Crippen molar-refractivity contribution in [2.45, 2.75) is 13.5 Å². The molecule has 0 spiro atoms. The van der Waals surface area contributed by atoms with E-state index in [1.807, 2.05) is 12.1 Å². The normalized spacial score (nSPS) is 11.2. The highest BCUT2D eigenvalue weighted by atomic mass is 16.5. The number of oxazole rings is 1. The van der Waals surface area contributed by atoms with Gasteiger partial charge >= 0.3 is 5.76 Å². The molecule has 4 aromatic rings. The zero-order valence-electron chi connectivity index (χ0n) is 15.4.